The lowest BCUT2D eigenvalue weighted by atomic mass is 10.1. The van der Waals surface area contributed by atoms with Crippen molar-refractivity contribution < 1.29 is 24.0 Å². The first-order chi connectivity index (χ1) is 11.7. The highest BCUT2D eigenvalue weighted by Crippen LogP contribution is 2.22. The number of anilines is 1. The fourth-order valence-electron chi connectivity index (χ4n) is 2.05. The molecule has 8 heteroatoms. The number of hydrogen-bond acceptors (Lipinski definition) is 5. The van der Waals surface area contributed by atoms with Gasteiger partial charge in [0.25, 0.3) is 11.6 Å². The molecule has 0 aliphatic heterocycles. The zero-order valence-electron chi connectivity index (χ0n) is 13.7. The quantitative estimate of drug-likeness (QED) is 0.617. The minimum atomic E-state index is -1.89. The van der Waals surface area contributed by atoms with Crippen molar-refractivity contribution in [3.8, 4) is 5.75 Å². The average molecular weight is 348 g/mol. The van der Waals surface area contributed by atoms with Crippen LogP contribution in [0, 0.1) is 22.9 Å². The molecule has 1 unspecified atom stereocenters. The summed E-state index contributed by atoms with van der Waals surface area (Å²) in [6.45, 7) is 2.40. The Hall–Kier alpha value is -3.00. The molecule has 0 spiro atoms. The van der Waals surface area contributed by atoms with E-state index < -0.39 is 28.9 Å². The Morgan fingerprint density at radius 1 is 1.36 bits per heavy atom. The zero-order valence-corrected chi connectivity index (χ0v) is 13.7. The van der Waals surface area contributed by atoms with Crippen molar-refractivity contribution in [2.45, 2.75) is 19.4 Å². The third-order valence-electron chi connectivity index (χ3n) is 3.46. The van der Waals surface area contributed by atoms with Crippen LogP contribution in [0.4, 0.5) is 15.8 Å². The number of nitrogens with zero attached hydrogens (tertiary/aromatic N) is 1. The Morgan fingerprint density at radius 2 is 2.08 bits per heavy atom. The number of benzene rings is 2. The maximum Gasteiger partial charge on any atom is 0.272 e. The fourth-order valence-corrected chi connectivity index (χ4v) is 2.05. The number of nitrogens with one attached hydrogen (secondary N) is 1. The first-order valence-corrected chi connectivity index (χ1v) is 7.36. The molecule has 25 heavy (non-hydrogen) atoms. The van der Waals surface area contributed by atoms with Gasteiger partial charge in [-0.3, -0.25) is 14.9 Å². The number of nitro groups is 1. The molecule has 2 aromatic rings. The predicted molar refractivity (Wildman–Crippen MR) is 89.0 cm³/mol. The van der Waals surface area contributed by atoms with Gasteiger partial charge in [-0.2, -0.15) is 0 Å². The molecular formula is C17H17FN2O5. The molecule has 1 atom stereocenters. The standard InChI is InChI=1S/C17H17FN2O5/c1-11-8-13(6-7-15(11)20(23)24)19-16(21)17(2,22)10-25-14-5-3-4-12(18)9-14/h3-9,22H,10H2,1-2H3,(H,19,21). The molecule has 2 aromatic carbocycles. The summed E-state index contributed by atoms with van der Waals surface area (Å²) in [7, 11) is 0. The third kappa shape index (κ3) is 4.74. The Kier molecular flexibility index (Phi) is 5.33. The highest BCUT2D eigenvalue weighted by molar-refractivity contribution is 5.97. The molecule has 0 aromatic heterocycles. The molecule has 0 saturated carbocycles. The van der Waals surface area contributed by atoms with Gasteiger partial charge in [0.05, 0.1) is 4.92 Å². The van der Waals surface area contributed by atoms with E-state index in [1.165, 1.54) is 43.3 Å². The summed E-state index contributed by atoms with van der Waals surface area (Å²) in [5, 5.41) is 23.5. The lowest BCUT2D eigenvalue weighted by molar-refractivity contribution is -0.385. The largest absolute Gasteiger partial charge is 0.490 e. The summed E-state index contributed by atoms with van der Waals surface area (Å²) in [6, 6.07) is 9.38. The van der Waals surface area contributed by atoms with Gasteiger partial charge in [0.15, 0.2) is 5.60 Å². The molecular weight excluding hydrogens is 331 g/mol. The van der Waals surface area contributed by atoms with Crippen molar-refractivity contribution in [2.75, 3.05) is 11.9 Å². The maximum absolute atomic E-state index is 13.1. The Morgan fingerprint density at radius 3 is 2.68 bits per heavy atom. The van der Waals surface area contributed by atoms with Crippen molar-refractivity contribution in [2.24, 2.45) is 0 Å². The van der Waals surface area contributed by atoms with E-state index in [0.717, 1.165) is 6.07 Å². The van der Waals surface area contributed by atoms with Crippen molar-refractivity contribution in [3.63, 3.8) is 0 Å². The van der Waals surface area contributed by atoms with E-state index in [4.69, 9.17) is 4.74 Å². The van der Waals surface area contributed by atoms with E-state index in [1.54, 1.807) is 6.92 Å². The number of carbonyl (C=O) groups is 1. The molecule has 132 valence electrons. The molecule has 2 N–H and O–H groups in total. The van der Waals surface area contributed by atoms with Crippen molar-refractivity contribution in [3.05, 3.63) is 64.0 Å². The van der Waals surface area contributed by atoms with E-state index in [0.29, 0.717) is 11.3 Å². The molecule has 0 heterocycles. The number of halogens is 1. The number of aryl methyl sites for hydroxylation is 1. The Labute approximate surface area is 143 Å². The molecule has 0 bridgehead atoms. The molecule has 7 nitrogen and oxygen atoms in total. The third-order valence-corrected chi connectivity index (χ3v) is 3.46. The highest BCUT2D eigenvalue weighted by atomic mass is 19.1. The summed E-state index contributed by atoms with van der Waals surface area (Å²) >= 11 is 0. The van der Waals surface area contributed by atoms with Gasteiger partial charge < -0.3 is 15.2 Å². The lowest BCUT2D eigenvalue weighted by Crippen LogP contribution is -2.45. The number of amides is 1. The summed E-state index contributed by atoms with van der Waals surface area (Å²) in [4.78, 5) is 22.5. The molecule has 2 rings (SSSR count). The van der Waals surface area contributed by atoms with Gasteiger partial charge in [0, 0.05) is 23.4 Å². The van der Waals surface area contributed by atoms with Crippen molar-refractivity contribution >= 4 is 17.3 Å². The van der Waals surface area contributed by atoms with Crippen LogP contribution >= 0.6 is 0 Å². The molecule has 0 aliphatic carbocycles. The first kappa shape index (κ1) is 18.3. The molecule has 0 aliphatic rings. The molecule has 0 saturated heterocycles. The van der Waals surface area contributed by atoms with Gasteiger partial charge in [-0.05, 0) is 38.1 Å². The number of ether oxygens (including phenoxy) is 1. The van der Waals surface area contributed by atoms with E-state index in [2.05, 4.69) is 5.32 Å². The van der Waals surface area contributed by atoms with E-state index in [-0.39, 0.29) is 11.4 Å². The molecule has 0 fully saturated rings. The fraction of sp³-hybridized carbons (Fsp3) is 0.235. The van der Waals surface area contributed by atoms with Gasteiger partial charge in [0.2, 0.25) is 0 Å². The summed E-state index contributed by atoms with van der Waals surface area (Å²) in [5.74, 6) is -1.07. The highest BCUT2D eigenvalue weighted by Gasteiger charge is 2.31. The van der Waals surface area contributed by atoms with Gasteiger partial charge in [0.1, 0.15) is 18.2 Å². The number of rotatable bonds is 6. The number of aliphatic hydroxyl groups is 1. The Bertz CT molecular complexity index is 807. The predicted octanol–water partition coefficient (Wildman–Crippen LogP) is 2.81. The molecule has 1 amide bonds. The van der Waals surface area contributed by atoms with Gasteiger partial charge in [-0.25, -0.2) is 4.39 Å². The second kappa shape index (κ2) is 7.27. The van der Waals surface area contributed by atoms with Crippen LogP contribution in [-0.4, -0.2) is 28.1 Å². The van der Waals surface area contributed by atoms with Gasteiger partial charge >= 0.3 is 0 Å². The van der Waals surface area contributed by atoms with Crippen LogP contribution in [0.2, 0.25) is 0 Å². The monoisotopic (exact) mass is 348 g/mol. The summed E-state index contributed by atoms with van der Waals surface area (Å²) in [6.07, 6.45) is 0. The number of nitro benzene ring substituents is 1. The number of carbonyl (C=O) groups excluding carboxylic acids is 1. The first-order valence-electron chi connectivity index (χ1n) is 7.36. The summed E-state index contributed by atoms with van der Waals surface area (Å²) < 4.78 is 18.3. The van der Waals surface area contributed by atoms with E-state index in [1.807, 2.05) is 0 Å². The topological polar surface area (TPSA) is 102 Å². The smallest absolute Gasteiger partial charge is 0.272 e. The van der Waals surface area contributed by atoms with Crippen LogP contribution in [-0.2, 0) is 4.79 Å². The summed E-state index contributed by atoms with van der Waals surface area (Å²) in [5.41, 5.74) is -1.28. The number of hydrogen-bond donors (Lipinski definition) is 2. The Balaban J connectivity index is 2.03. The average Bonchev–Trinajstić information content (AvgIpc) is 2.53. The van der Waals surface area contributed by atoms with E-state index in [9.17, 15) is 24.4 Å². The van der Waals surface area contributed by atoms with Crippen LogP contribution in [0.1, 0.15) is 12.5 Å². The van der Waals surface area contributed by atoms with Gasteiger partial charge in [-0.15, -0.1) is 0 Å². The van der Waals surface area contributed by atoms with Gasteiger partial charge in [-0.1, -0.05) is 6.07 Å². The second-order valence-corrected chi connectivity index (χ2v) is 5.73. The lowest BCUT2D eigenvalue weighted by Gasteiger charge is -2.22. The van der Waals surface area contributed by atoms with Crippen LogP contribution in [0.3, 0.4) is 0 Å². The second-order valence-electron chi connectivity index (χ2n) is 5.73. The van der Waals surface area contributed by atoms with Crippen LogP contribution in [0.5, 0.6) is 5.75 Å². The minimum absolute atomic E-state index is 0.0702. The SMILES string of the molecule is Cc1cc(NC(=O)C(C)(O)COc2cccc(F)c2)ccc1[N+](=O)[O-]. The minimum Gasteiger partial charge on any atom is -0.490 e. The normalized spacial score (nSPS) is 13.0. The van der Waals surface area contributed by atoms with Crippen molar-refractivity contribution in [1.82, 2.24) is 0 Å². The maximum atomic E-state index is 13.1. The van der Waals surface area contributed by atoms with Crippen molar-refractivity contribution in [1.29, 1.82) is 0 Å². The zero-order chi connectivity index (χ0) is 18.6. The van der Waals surface area contributed by atoms with Crippen LogP contribution < -0.4 is 10.1 Å². The molecule has 0 radical (unpaired) electrons. The van der Waals surface area contributed by atoms with Crippen LogP contribution in [0.15, 0.2) is 42.5 Å². The van der Waals surface area contributed by atoms with E-state index >= 15 is 0 Å². The van der Waals surface area contributed by atoms with Crippen LogP contribution in [0.25, 0.3) is 0 Å².